The van der Waals surface area contributed by atoms with E-state index in [9.17, 15) is 4.79 Å². The number of rotatable bonds is 2. The molecule has 0 aromatic carbocycles. The molecule has 0 saturated carbocycles. The molecule has 12 heavy (non-hydrogen) atoms. The molecule has 3 nitrogen and oxygen atoms in total. The van der Waals surface area contributed by atoms with Gasteiger partial charge in [0, 0.05) is 13.2 Å². The number of aryl methyl sites for hydroxylation is 1. The van der Waals surface area contributed by atoms with E-state index in [2.05, 4.69) is 5.10 Å². The quantitative estimate of drug-likeness (QED) is 0.574. The van der Waals surface area contributed by atoms with Crippen LogP contribution in [-0.2, 0) is 7.05 Å². The van der Waals surface area contributed by atoms with Crippen LogP contribution in [-0.4, -0.2) is 15.0 Å². The summed E-state index contributed by atoms with van der Waals surface area (Å²) in [6.07, 6.45) is 1.47. The van der Waals surface area contributed by atoms with E-state index >= 15 is 0 Å². The third kappa shape index (κ3) is 1.91. The molecular formula is C6H5Cl3N2O. The van der Waals surface area contributed by atoms with Gasteiger partial charge in [-0.1, -0.05) is 23.2 Å². The molecule has 0 fully saturated rings. The molecule has 0 amide bonds. The third-order valence-electron chi connectivity index (χ3n) is 1.28. The molecule has 0 aliphatic carbocycles. The first-order valence-electron chi connectivity index (χ1n) is 3.04. The monoisotopic (exact) mass is 226 g/mol. The molecule has 0 aliphatic heterocycles. The standard InChI is InChI=1S/C6H5Cl3N2O/c1-11-2-3(6(9)12)4(10-11)5(7)8/h2,5H,1H3. The molecule has 0 N–H and O–H groups in total. The van der Waals surface area contributed by atoms with Crippen molar-refractivity contribution in [3.8, 4) is 0 Å². The molecular weight excluding hydrogens is 222 g/mol. The Hall–Kier alpha value is -0.250. The van der Waals surface area contributed by atoms with Gasteiger partial charge in [-0.05, 0) is 11.6 Å². The highest BCUT2D eigenvalue weighted by atomic mass is 35.5. The molecule has 0 aliphatic rings. The Kier molecular flexibility index (Phi) is 2.99. The topological polar surface area (TPSA) is 34.9 Å². The van der Waals surface area contributed by atoms with E-state index in [-0.39, 0.29) is 5.56 Å². The molecule has 0 radical (unpaired) electrons. The summed E-state index contributed by atoms with van der Waals surface area (Å²) in [6, 6.07) is 0. The van der Waals surface area contributed by atoms with Crippen LogP contribution >= 0.6 is 34.8 Å². The van der Waals surface area contributed by atoms with Crippen LogP contribution in [0.2, 0.25) is 0 Å². The number of carbonyl (C=O) groups is 1. The van der Waals surface area contributed by atoms with Crippen molar-refractivity contribution in [1.29, 1.82) is 0 Å². The molecule has 0 saturated heterocycles. The first kappa shape index (κ1) is 9.84. The van der Waals surface area contributed by atoms with Crippen molar-refractivity contribution in [2.45, 2.75) is 4.84 Å². The molecule has 66 valence electrons. The number of nitrogens with zero attached hydrogens (tertiary/aromatic N) is 2. The minimum Gasteiger partial charge on any atom is -0.275 e. The van der Waals surface area contributed by atoms with Gasteiger partial charge in [-0.15, -0.1) is 0 Å². The Morgan fingerprint density at radius 3 is 2.58 bits per heavy atom. The Morgan fingerprint density at radius 2 is 2.25 bits per heavy atom. The number of carbonyl (C=O) groups excluding carboxylic acids is 1. The highest BCUT2D eigenvalue weighted by molar-refractivity contribution is 6.68. The molecule has 0 bridgehead atoms. The smallest absolute Gasteiger partial charge is 0.255 e. The first-order chi connectivity index (χ1) is 5.52. The second-order valence-corrected chi connectivity index (χ2v) is 3.62. The average Bonchev–Trinajstić information content (AvgIpc) is 2.31. The fourth-order valence-corrected chi connectivity index (χ4v) is 1.29. The fraction of sp³-hybridized carbons (Fsp3) is 0.333. The van der Waals surface area contributed by atoms with Gasteiger partial charge >= 0.3 is 0 Å². The maximum absolute atomic E-state index is 10.8. The molecule has 1 heterocycles. The summed E-state index contributed by atoms with van der Waals surface area (Å²) in [5, 5.41) is 3.27. The molecule has 0 unspecified atom stereocenters. The van der Waals surface area contributed by atoms with Gasteiger partial charge < -0.3 is 0 Å². The van der Waals surface area contributed by atoms with E-state index in [1.54, 1.807) is 7.05 Å². The Morgan fingerprint density at radius 1 is 1.67 bits per heavy atom. The van der Waals surface area contributed by atoms with Crippen LogP contribution in [0.25, 0.3) is 0 Å². The molecule has 1 aromatic heterocycles. The Labute approximate surface area is 84.2 Å². The van der Waals surface area contributed by atoms with E-state index in [4.69, 9.17) is 34.8 Å². The minimum atomic E-state index is -0.830. The summed E-state index contributed by atoms with van der Waals surface area (Å²) in [6.45, 7) is 0. The van der Waals surface area contributed by atoms with Crippen molar-refractivity contribution in [3.63, 3.8) is 0 Å². The molecule has 0 spiro atoms. The van der Waals surface area contributed by atoms with Crippen molar-refractivity contribution >= 4 is 40.0 Å². The van der Waals surface area contributed by atoms with Crippen LogP contribution in [0.3, 0.4) is 0 Å². The van der Waals surface area contributed by atoms with Crippen molar-refractivity contribution in [2.75, 3.05) is 0 Å². The minimum absolute atomic E-state index is 0.245. The molecule has 1 rings (SSSR count). The van der Waals surface area contributed by atoms with Gasteiger partial charge in [0.15, 0.2) is 4.84 Å². The second kappa shape index (κ2) is 3.64. The van der Waals surface area contributed by atoms with E-state index in [1.807, 2.05) is 0 Å². The lowest BCUT2D eigenvalue weighted by molar-refractivity contribution is 0.108. The van der Waals surface area contributed by atoms with Gasteiger partial charge in [0.25, 0.3) is 5.24 Å². The van der Waals surface area contributed by atoms with Crippen LogP contribution in [0.4, 0.5) is 0 Å². The maximum Gasteiger partial charge on any atom is 0.255 e. The van der Waals surface area contributed by atoms with Crippen molar-refractivity contribution in [1.82, 2.24) is 9.78 Å². The molecule has 0 atom stereocenters. The van der Waals surface area contributed by atoms with Gasteiger partial charge in [0.1, 0.15) is 5.69 Å². The van der Waals surface area contributed by atoms with E-state index in [0.717, 1.165) is 0 Å². The van der Waals surface area contributed by atoms with Gasteiger partial charge in [-0.2, -0.15) is 5.10 Å². The highest BCUT2D eigenvalue weighted by Gasteiger charge is 2.18. The molecule has 1 aromatic rings. The number of hydrogen-bond acceptors (Lipinski definition) is 2. The maximum atomic E-state index is 10.8. The van der Waals surface area contributed by atoms with E-state index < -0.39 is 10.1 Å². The summed E-state index contributed by atoms with van der Waals surface area (Å²) in [5.41, 5.74) is 0.537. The fourth-order valence-electron chi connectivity index (χ4n) is 0.818. The zero-order valence-electron chi connectivity index (χ0n) is 6.09. The highest BCUT2D eigenvalue weighted by Crippen LogP contribution is 2.26. The van der Waals surface area contributed by atoms with Crippen LogP contribution in [0.5, 0.6) is 0 Å². The average molecular weight is 227 g/mol. The lowest BCUT2D eigenvalue weighted by Gasteiger charge is -1.95. The summed E-state index contributed by atoms with van der Waals surface area (Å²) >= 11 is 16.3. The zero-order valence-corrected chi connectivity index (χ0v) is 8.36. The Bertz CT molecular complexity index is 308. The normalized spacial score (nSPS) is 10.8. The first-order valence-corrected chi connectivity index (χ1v) is 4.29. The lowest BCUT2D eigenvalue weighted by atomic mass is 10.3. The predicted octanol–water partition coefficient (Wildman–Crippen LogP) is 2.28. The van der Waals surface area contributed by atoms with Gasteiger partial charge in [0.2, 0.25) is 0 Å². The largest absolute Gasteiger partial charge is 0.275 e. The summed E-state index contributed by atoms with van der Waals surface area (Å²) < 4.78 is 1.43. The zero-order chi connectivity index (χ0) is 9.30. The third-order valence-corrected chi connectivity index (χ3v) is 1.89. The van der Waals surface area contributed by atoms with Gasteiger partial charge in [-0.3, -0.25) is 9.48 Å². The lowest BCUT2D eigenvalue weighted by Crippen LogP contribution is -1.93. The number of alkyl halides is 2. The van der Waals surface area contributed by atoms with Gasteiger partial charge in [-0.25, -0.2) is 0 Å². The summed E-state index contributed by atoms with van der Waals surface area (Å²) in [4.78, 5) is 9.95. The van der Waals surface area contributed by atoms with Gasteiger partial charge in [0.05, 0.1) is 5.56 Å². The van der Waals surface area contributed by atoms with E-state index in [1.165, 1.54) is 10.9 Å². The second-order valence-electron chi connectivity index (χ2n) is 2.18. The summed E-state index contributed by atoms with van der Waals surface area (Å²) in [7, 11) is 1.66. The summed E-state index contributed by atoms with van der Waals surface area (Å²) in [5.74, 6) is 0. The predicted molar refractivity (Wildman–Crippen MR) is 47.8 cm³/mol. The SMILES string of the molecule is Cn1cc(C(=O)Cl)c(C(Cl)Cl)n1. The number of aromatic nitrogens is 2. The van der Waals surface area contributed by atoms with Crippen LogP contribution in [0.15, 0.2) is 6.20 Å². The van der Waals surface area contributed by atoms with Crippen LogP contribution in [0, 0.1) is 0 Å². The Balaban J connectivity index is 3.17. The number of hydrogen-bond donors (Lipinski definition) is 0. The van der Waals surface area contributed by atoms with Crippen molar-refractivity contribution < 1.29 is 4.79 Å². The number of halogens is 3. The van der Waals surface area contributed by atoms with E-state index in [0.29, 0.717) is 5.69 Å². The van der Waals surface area contributed by atoms with Crippen molar-refractivity contribution in [2.24, 2.45) is 7.05 Å². The van der Waals surface area contributed by atoms with Crippen molar-refractivity contribution in [3.05, 3.63) is 17.5 Å². The van der Waals surface area contributed by atoms with Crippen LogP contribution in [0.1, 0.15) is 20.9 Å². The molecule has 6 heteroatoms. The van der Waals surface area contributed by atoms with Crippen LogP contribution < -0.4 is 0 Å².